The van der Waals surface area contributed by atoms with Crippen molar-refractivity contribution >= 4 is 55.7 Å². The summed E-state index contributed by atoms with van der Waals surface area (Å²) in [6, 6.07) is 0. The standard InChI is InChI=1S/C18H21N5O2S3/c1-3-11(15(24)21-18-23-22-13(28-18)8-25-2)26-16-14-10-6-4-5-7-12(10)27-17(14)20-9-19-16/h9,11H,3-8H2,1-2H3,(H,21,23,24). The maximum atomic E-state index is 12.8. The first-order chi connectivity index (χ1) is 13.7. The van der Waals surface area contributed by atoms with Crippen LogP contribution in [0.25, 0.3) is 10.2 Å². The maximum absolute atomic E-state index is 12.8. The van der Waals surface area contributed by atoms with Crippen molar-refractivity contribution < 1.29 is 9.53 Å². The van der Waals surface area contributed by atoms with Gasteiger partial charge in [0, 0.05) is 17.4 Å². The van der Waals surface area contributed by atoms with Gasteiger partial charge in [-0.1, -0.05) is 30.0 Å². The summed E-state index contributed by atoms with van der Waals surface area (Å²) in [6.07, 6.45) is 6.95. The van der Waals surface area contributed by atoms with Crippen LogP contribution in [0.2, 0.25) is 0 Å². The predicted molar refractivity (Wildman–Crippen MR) is 113 cm³/mol. The van der Waals surface area contributed by atoms with Gasteiger partial charge < -0.3 is 4.74 Å². The van der Waals surface area contributed by atoms with Crippen LogP contribution in [0.1, 0.15) is 41.6 Å². The molecule has 1 aliphatic carbocycles. The van der Waals surface area contributed by atoms with Crippen molar-refractivity contribution in [1.29, 1.82) is 0 Å². The van der Waals surface area contributed by atoms with Gasteiger partial charge in [0.05, 0.1) is 5.25 Å². The topological polar surface area (TPSA) is 89.9 Å². The molecule has 7 nitrogen and oxygen atoms in total. The minimum absolute atomic E-state index is 0.0801. The SMILES string of the molecule is CCC(Sc1ncnc2sc3c(c12)CCCC3)C(=O)Nc1nnc(COC)s1. The molecule has 1 aliphatic rings. The van der Waals surface area contributed by atoms with Gasteiger partial charge in [-0.15, -0.1) is 21.5 Å². The van der Waals surface area contributed by atoms with Crippen LogP contribution in [0.3, 0.4) is 0 Å². The summed E-state index contributed by atoms with van der Waals surface area (Å²) in [5, 5.41) is 14.0. The fourth-order valence-electron chi connectivity index (χ4n) is 3.28. The van der Waals surface area contributed by atoms with Crippen LogP contribution in [0.4, 0.5) is 5.13 Å². The van der Waals surface area contributed by atoms with Crippen LogP contribution in [-0.4, -0.2) is 38.4 Å². The van der Waals surface area contributed by atoms with Crippen molar-refractivity contribution in [3.05, 3.63) is 21.8 Å². The van der Waals surface area contributed by atoms with Gasteiger partial charge in [-0.2, -0.15) is 0 Å². The molecule has 0 spiro atoms. The number of fused-ring (bicyclic) bond motifs is 3. The first kappa shape index (κ1) is 19.7. The lowest BCUT2D eigenvalue weighted by Gasteiger charge is -2.15. The van der Waals surface area contributed by atoms with E-state index in [1.165, 1.54) is 46.4 Å². The highest BCUT2D eigenvalue weighted by molar-refractivity contribution is 8.00. The molecular formula is C18H21N5O2S3. The quantitative estimate of drug-likeness (QED) is 0.442. The Bertz CT molecular complexity index is 987. The van der Waals surface area contributed by atoms with E-state index in [0.717, 1.165) is 33.1 Å². The van der Waals surface area contributed by atoms with Gasteiger partial charge in [-0.3, -0.25) is 10.1 Å². The molecule has 28 heavy (non-hydrogen) atoms. The van der Waals surface area contributed by atoms with Crippen LogP contribution in [-0.2, 0) is 29.0 Å². The minimum atomic E-state index is -0.257. The Morgan fingerprint density at radius 3 is 2.96 bits per heavy atom. The summed E-state index contributed by atoms with van der Waals surface area (Å²) < 4.78 is 5.05. The third-order valence-electron chi connectivity index (χ3n) is 4.60. The number of amides is 1. The van der Waals surface area contributed by atoms with Gasteiger partial charge in [0.15, 0.2) is 0 Å². The van der Waals surface area contributed by atoms with Crippen LogP contribution < -0.4 is 5.32 Å². The van der Waals surface area contributed by atoms with E-state index in [2.05, 4.69) is 25.5 Å². The number of aromatic nitrogens is 4. The van der Waals surface area contributed by atoms with Crippen LogP contribution in [0.5, 0.6) is 0 Å². The largest absolute Gasteiger partial charge is 0.377 e. The molecule has 10 heteroatoms. The smallest absolute Gasteiger partial charge is 0.239 e. The summed E-state index contributed by atoms with van der Waals surface area (Å²) in [6.45, 7) is 2.40. The van der Waals surface area contributed by atoms with Gasteiger partial charge in [0.2, 0.25) is 11.0 Å². The van der Waals surface area contributed by atoms with Gasteiger partial charge in [0.1, 0.15) is 27.8 Å². The third kappa shape index (κ3) is 4.05. The summed E-state index contributed by atoms with van der Waals surface area (Å²) >= 11 is 4.62. The number of thiophene rings is 1. The molecule has 0 radical (unpaired) electrons. The summed E-state index contributed by atoms with van der Waals surface area (Å²) in [5.74, 6) is -0.0801. The lowest BCUT2D eigenvalue weighted by Crippen LogP contribution is -2.24. The Morgan fingerprint density at radius 2 is 2.14 bits per heavy atom. The number of hydrogen-bond acceptors (Lipinski definition) is 9. The third-order valence-corrected chi connectivity index (χ3v) is 7.98. The van der Waals surface area contributed by atoms with Crippen molar-refractivity contribution in [3.63, 3.8) is 0 Å². The van der Waals surface area contributed by atoms with Crippen LogP contribution in [0, 0.1) is 0 Å². The van der Waals surface area contributed by atoms with Gasteiger partial charge >= 0.3 is 0 Å². The number of rotatable bonds is 7. The zero-order chi connectivity index (χ0) is 19.5. The molecule has 3 aromatic heterocycles. The molecule has 1 N–H and O–H groups in total. The van der Waals surface area contributed by atoms with Gasteiger partial charge in [-0.25, -0.2) is 9.97 Å². The number of nitrogens with one attached hydrogen (secondary N) is 1. The number of aryl methyl sites for hydroxylation is 2. The monoisotopic (exact) mass is 435 g/mol. The molecule has 1 atom stereocenters. The molecular weight excluding hydrogens is 414 g/mol. The number of carbonyl (C=O) groups is 1. The highest BCUT2D eigenvalue weighted by Gasteiger charge is 2.25. The molecule has 1 amide bonds. The fourth-order valence-corrected chi connectivity index (χ4v) is 6.34. The fraction of sp³-hybridized carbons (Fsp3) is 0.500. The second-order valence-corrected chi connectivity index (χ2v) is 9.84. The van der Waals surface area contributed by atoms with Crippen molar-refractivity contribution in [3.8, 4) is 0 Å². The number of methoxy groups -OCH3 is 1. The van der Waals surface area contributed by atoms with E-state index in [1.807, 2.05) is 6.92 Å². The average molecular weight is 436 g/mol. The Kier molecular flexibility index (Phi) is 6.19. The minimum Gasteiger partial charge on any atom is -0.377 e. The number of hydrogen-bond donors (Lipinski definition) is 1. The average Bonchev–Trinajstić information content (AvgIpc) is 3.30. The second-order valence-electron chi connectivity index (χ2n) is 6.51. The van der Waals surface area contributed by atoms with E-state index in [1.54, 1.807) is 24.8 Å². The van der Waals surface area contributed by atoms with Crippen molar-refractivity contribution in [1.82, 2.24) is 20.2 Å². The van der Waals surface area contributed by atoms with Crippen LogP contribution >= 0.6 is 34.4 Å². The number of ether oxygens (including phenoxy) is 1. The normalized spacial score (nSPS) is 14.8. The predicted octanol–water partition coefficient (Wildman–Crippen LogP) is 4.08. The maximum Gasteiger partial charge on any atom is 0.239 e. The first-order valence-corrected chi connectivity index (χ1v) is 11.7. The summed E-state index contributed by atoms with van der Waals surface area (Å²) in [7, 11) is 1.61. The van der Waals surface area contributed by atoms with Crippen molar-refractivity contribution in [2.45, 2.75) is 55.9 Å². The molecule has 0 saturated heterocycles. The Balaban J connectivity index is 1.54. The van der Waals surface area contributed by atoms with E-state index in [4.69, 9.17) is 4.74 Å². The zero-order valence-electron chi connectivity index (χ0n) is 15.7. The number of anilines is 1. The van der Waals surface area contributed by atoms with Gasteiger partial charge in [-0.05, 0) is 37.7 Å². The second kappa shape index (κ2) is 8.81. The molecule has 0 fully saturated rings. The highest BCUT2D eigenvalue weighted by Crippen LogP contribution is 2.40. The number of thioether (sulfide) groups is 1. The Labute approximate surface area is 175 Å². The summed E-state index contributed by atoms with van der Waals surface area (Å²) in [4.78, 5) is 24.3. The van der Waals surface area contributed by atoms with E-state index in [-0.39, 0.29) is 11.2 Å². The molecule has 0 aliphatic heterocycles. The Morgan fingerprint density at radius 1 is 1.29 bits per heavy atom. The first-order valence-electron chi connectivity index (χ1n) is 9.23. The number of carbonyl (C=O) groups excluding carboxylic acids is 1. The molecule has 148 valence electrons. The van der Waals surface area contributed by atoms with E-state index < -0.39 is 0 Å². The molecule has 3 aromatic rings. The molecule has 0 saturated carbocycles. The highest BCUT2D eigenvalue weighted by atomic mass is 32.2. The Hall–Kier alpha value is -1.62. The molecule has 4 rings (SSSR count). The lowest BCUT2D eigenvalue weighted by molar-refractivity contribution is -0.115. The van der Waals surface area contributed by atoms with Crippen molar-refractivity contribution in [2.75, 3.05) is 12.4 Å². The van der Waals surface area contributed by atoms with Crippen molar-refractivity contribution in [2.24, 2.45) is 0 Å². The van der Waals surface area contributed by atoms with E-state index in [0.29, 0.717) is 18.2 Å². The molecule has 3 heterocycles. The molecule has 0 aromatic carbocycles. The molecule has 1 unspecified atom stereocenters. The number of nitrogens with zero attached hydrogens (tertiary/aromatic N) is 4. The van der Waals surface area contributed by atoms with Crippen LogP contribution in [0.15, 0.2) is 11.4 Å². The zero-order valence-corrected chi connectivity index (χ0v) is 18.2. The lowest BCUT2D eigenvalue weighted by atomic mass is 9.97. The van der Waals surface area contributed by atoms with E-state index >= 15 is 0 Å². The summed E-state index contributed by atoms with van der Waals surface area (Å²) in [5.41, 5.74) is 1.39. The van der Waals surface area contributed by atoms with E-state index in [9.17, 15) is 4.79 Å². The molecule has 0 bridgehead atoms. The van der Waals surface area contributed by atoms with Gasteiger partial charge in [0.25, 0.3) is 0 Å².